The molecule has 0 aliphatic carbocycles. The fourth-order valence-corrected chi connectivity index (χ4v) is 3.05. The van der Waals surface area contributed by atoms with E-state index >= 15 is 0 Å². The molecule has 1 aromatic rings. The molecule has 2 rings (SSSR count). The molecule has 25 heavy (non-hydrogen) atoms. The van der Waals surface area contributed by atoms with E-state index in [9.17, 15) is 18.0 Å². The smallest absolute Gasteiger partial charge is 0.301 e. The molecule has 140 valence electrons. The van der Waals surface area contributed by atoms with Gasteiger partial charge in [0.2, 0.25) is 0 Å². The van der Waals surface area contributed by atoms with Crippen LogP contribution in [0.25, 0.3) is 0 Å². The maximum Gasteiger partial charge on any atom is 0.416 e. The lowest BCUT2D eigenvalue weighted by atomic mass is 9.96. The van der Waals surface area contributed by atoms with Crippen molar-refractivity contribution in [1.29, 1.82) is 0 Å². The second-order valence-electron chi connectivity index (χ2n) is 7.00. The van der Waals surface area contributed by atoms with E-state index in [-0.39, 0.29) is 23.7 Å². The van der Waals surface area contributed by atoms with E-state index in [0.717, 1.165) is 38.8 Å². The molecule has 0 saturated carbocycles. The highest BCUT2D eigenvalue weighted by Gasteiger charge is 2.34. The average Bonchev–Trinajstić information content (AvgIpc) is 2.55. The molecule has 1 heterocycles. The Balaban J connectivity index is 2.16. The molecule has 0 N–H and O–H groups in total. The Morgan fingerprint density at radius 1 is 1.12 bits per heavy atom. The molecule has 0 unspecified atom stereocenters. The molecule has 0 bridgehead atoms. The first-order chi connectivity index (χ1) is 11.7. The Morgan fingerprint density at radius 3 is 2.24 bits per heavy atom. The first-order valence-electron chi connectivity index (χ1n) is 8.87. The van der Waals surface area contributed by atoms with Crippen molar-refractivity contribution in [1.82, 2.24) is 9.80 Å². The highest BCUT2D eigenvalue weighted by molar-refractivity contribution is 5.82. The molecule has 1 aromatic carbocycles. The highest BCUT2D eigenvalue weighted by atomic mass is 19.4. The van der Waals surface area contributed by atoms with Crippen LogP contribution in [0.5, 0.6) is 0 Å². The van der Waals surface area contributed by atoms with Gasteiger partial charge in [-0.2, -0.15) is 13.2 Å². The van der Waals surface area contributed by atoms with Crippen LogP contribution in [0.1, 0.15) is 37.5 Å². The first-order valence-corrected chi connectivity index (χ1v) is 8.87. The number of alkyl halides is 3. The summed E-state index contributed by atoms with van der Waals surface area (Å²) in [6.07, 6.45) is -4.35. The first kappa shape index (κ1) is 19.9. The summed E-state index contributed by atoms with van der Waals surface area (Å²) >= 11 is 0. The second-order valence-corrected chi connectivity index (χ2v) is 7.00. The van der Waals surface area contributed by atoms with Crippen LogP contribution in [0, 0.1) is 5.92 Å². The zero-order valence-electron chi connectivity index (χ0n) is 15.2. The molecule has 1 fully saturated rings. The Labute approximate surface area is 147 Å². The number of nitrogens with zero attached hydrogens (tertiary/aromatic N) is 2. The molecular formula is C19H27F3N2O. The number of ketones is 1. The highest BCUT2D eigenvalue weighted by Crippen LogP contribution is 2.33. The minimum atomic E-state index is -4.41. The normalized spacial score (nSPS) is 17.2. The quantitative estimate of drug-likeness (QED) is 0.778. The van der Waals surface area contributed by atoms with E-state index in [2.05, 4.69) is 16.7 Å². The van der Waals surface area contributed by atoms with Crippen molar-refractivity contribution >= 4 is 5.78 Å². The number of hydrogen-bond acceptors (Lipinski definition) is 3. The van der Waals surface area contributed by atoms with Gasteiger partial charge in [-0.1, -0.05) is 32.9 Å². The van der Waals surface area contributed by atoms with Gasteiger partial charge in [-0.15, -0.1) is 0 Å². The van der Waals surface area contributed by atoms with Crippen molar-refractivity contribution < 1.29 is 18.0 Å². The van der Waals surface area contributed by atoms with Crippen LogP contribution in [-0.4, -0.2) is 48.3 Å². The average molecular weight is 356 g/mol. The second kappa shape index (κ2) is 8.32. The summed E-state index contributed by atoms with van der Waals surface area (Å²) in [5.74, 6) is -0.222. The zero-order chi connectivity index (χ0) is 18.6. The number of carbonyl (C=O) groups excluding carboxylic acids is 1. The van der Waals surface area contributed by atoms with Crippen molar-refractivity contribution in [3.05, 3.63) is 34.9 Å². The number of carbonyl (C=O) groups is 1. The SMILES string of the molecule is CCN1CCN(Cc2ccc(CC(=O)C(C)C)cc2C(F)(F)F)CC1. The lowest BCUT2D eigenvalue weighted by Gasteiger charge is -2.34. The van der Waals surface area contributed by atoms with Crippen molar-refractivity contribution in [2.75, 3.05) is 32.7 Å². The fraction of sp³-hybridized carbons (Fsp3) is 0.632. The molecule has 0 aromatic heterocycles. The van der Waals surface area contributed by atoms with Crippen molar-refractivity contribution in [2.24, 2.45) is 5.92 Å². The van der Waals surface area contributed by atoms with Gasteiger partial charge >= 0.3 is 6.18 Å². The van der Waals surface area contributed by atoms with Crippen molar-refractivity contribution in [2.45, 2.75) is 39.9 Å². The lowest BCUT2D eigenvalue weighted by Crippen LogP contribution is -2.45. The molecule has 0 spiro atoms. The van der Waals surface area contributed by atoms with Crippen molar-refractivity contribution in [3.63, 3.8) is 0 Å². The molecule has 1 aliphatic heterocycles. The van der Waals surface area contributed by atoms with E-state index in [1.54, 1.807) is 19.9 Å². The van der Waals surface area contributed by atoms with Gasteiger partial charge < -0.3 is 4.90 Å². The van der Waals surface area contributed by atoms with Gasteiger partial charge in [0.15, 0.2) is 0 Å². The van der Waals surface area contributed by atoms with E-state index < -0.39 is 11.7 Å². The summed E-state index contributed by atoms with van der Waals surface area (Å²) in [6.45, 7) is 10.2. The number of piperazine rings is 1. The number of benzene rings is 1. The Hall–Kier alpha value is -1.40. The van der Waals surface area contributed by atoms with Crippen LogP contribution in [0.4, 0.5) is 13.2 Å². The number of halogens is 3. The van der Waals surface area contributed by atoms with Crippen LogP contribution in [0.15, 0.2) is 18.2 Å². The van der Waals surface area contributed by atoms with E-state index in [1.165, 1.54) is 6.07 Å². The van der Waals surface area contributed by atoms with Gasteiger partial charge in [-0.05, 0) is 23.7 Å². The predicted octanol–water partition coefficient (Wildman–Crippen LogP) is 3.61. The van der Waals surface area contributed by atoms with E-state index in [4.69, 9.17) is 0 Å². The van der Waals surface area contributed by atoms with Crippen LogP contribution in [-0.2, 0) is 23.9 Å². The lowest BCUT2D eigenvalue weighted by molar-refractivity contribution is -0.138. The number of likely N-dealkylation sites (N-methyl/N-ethyl adjacent to an activating group) is 1. The van der Waals surface area contributed by atoms with Crippen molar-refractivity contribution in [3.8, 4) is 0 Å². The largest absolute Gasteiger partial charge is 0.416 e. The maximum atomic E-state index is 13.5. The minimum absolute atomic E-state index is 0.0448. The van der Waals surface area contributed by atoms with Gasteiger partial charge in [-0.25, -0.2) is 0 Å². The molecule has 0 atom stereocenters. The van der Waals surface area contributed by atoms with Crippen LogP contribution >= 0.6 is 0 Å². The topological polar surface area (TPSA) is 23.6 Å². The number of hydrogen-bond donors (Lipinski definition) is 0. The third kappa shape index (κ3) is 5.54. The number of rotatable bonds is 6. The molecule has 6 heteroatoms. The molecule has 1 aliphatic rings. The fourth-order valence-electron chi connectivity index (χ4n) is 3.05. The van der Waals surface area contributed by atoms with Gasteiger partial charge in [0.05, 0.1) is 5.56 Å². The number of Topliss-reactive ketones (excluding diaryl/α,β-unsaturated/α-hetero) is 1. The summed E-state index contributed by atoms with van der Waals surface area (Å²) < 4.78 is 40.5. The van der Waals surface area contributed by atoms with Crippen LogP contribution in [0.3, 0.4) is 0 Å². The molecule has 3 nitrogen and oxygen atoms in total. The third-order valence-corrected chi connectivity index (χ3v) is 4.81. The molecular weight excluding hydrogens is 329 g/mol. The van der Waals surface area contributed by atoms with Gasteiger partial charge in [-0.3, -0.25) is 9.69 Å². The third-order valence-electron chi connectivity index (χ3n) is 4.81. The van der Waals surface area contributed by atoms with Crippen LogP contribution in [0.2, 0.25) is 0 Å². The maximum absolute atomic E-state index is 13.5. The predicted molar refractivity (Wildman–Crippen MR) is 92.4 cm³/mol. The summed E-state index contributed by atoms with van der Waals surface area (Å²) in [5.41, 5.74) is 0.114. The summed E-state index contributed by atoms with van der Waals surface area (Å²) in [4.78, 5) is 16.2. The van der Waals surface area contributed by atoms with E-state index in [1.807, 2.05) is 0 Å². The standard InChI is InChI=1S/C19H27F3N2O/c1-4-23-7-9-24(10-8-23)13-16-6-5-15(12-18(25)14(2)3)11-17(16)19(20,21)22/h5-6,11,14H,4,7-10,12-13H2,1-3H3. The van der Waals surface area contributed by atoms with Gasteiger partial charge in [0, 0.05) is 45.1 Å². The molecule has 1 saturated heterocycles. The van der Waals surface area contributed by atoms with E-state index in [0.29, 0.717) is 12.1 Å². The zero-order valence-corrected chi connectivity index (χ0v) is 15.2. The van der Waals surface area contributed by atoms with Gasteiger partial charge in [0.25, 0.3) is 0 Å². The molecule has 0 radical (unpaired) electrons. The summed E-state index contributed by atoms with van der Waals surface area (Å²) in [5, 5.41) is 0. The summed E-state index contributed by atoms with van der Waals surface area (Å²) in [6, 6.07) is 4.35. The molecule has 0 amide bonds. The Bertz CT molecular complexity index is 591. The van der Waals surface area contributed by atoms with Gasteiger partial charge in [0.1, 0.15) is 5.78 Å². The Morgan fingerprint density at radius 2 is 1.72 bits per heavy atom. The monoisotopic (exact) mass is 356 g/mol. The summed E-state index contributed by atoms with van der Waals surface area (Å²) in [7, 11) is 0. The minimum Gasteiger partial charge on any atom is -0.301 e. The Kier molecular flexibility index (Phi) is 6.63. The van der Waals surface area contributed by atoms with Crippen LogP contribution < -0.4 is 0 Å².